The minimum atomic E-state index is -0.366. The molecule has 0 unspecified atom stereocenters. The number of carbonyl (C=O) groups is 1. The van der Waals surface area contributed by atoms with Crippen LogP contribution < -0.4 is 9.47 Å². The van der Waals surface area contributed by atoms with Crippen LogP contribution in [0.1, 0.15) is 21.5 Å². The fraction of sp³-hybridized carbons (Fsp3) is 0.211. The number of ether oxygens (including phenoxy) is 3. The molecule has 0 aliphatic heterocycles. The van der Waals surface area contributed by atoms with Crippen molar-refractivity contribution < 1.29 is 29.2 Å². The number of allylic oxidation sites excluding steroid dienone is 1. The molecule has 0 aliphatic carbocycles. The molecule has 0 saturated heterocycles. The topological polar surface area (TPSA) is 85.2 Å². The highest BCUT2D eigenvalue weighted by Crippen LogP contribution is 2.31. The fourth-order valence-electron chi connectivity index (χ4n) is 2.23. The lowest BCUT2D eigenvalue weighted by Gasteiger charge is -2.11. The molecule has 0 spiro atoms. The van der Waals surface area contributed by atoms with Crippen molar-refractivity contribution in [2.75, 3.05) is 21.0 Å². The van der Waals surface area contributed by atoms with E-state index in [1.54, 1.807) is 31.2 Å². The monoisotopic (exact) mass is 344 g/mol. The first-order valence-corrected chi connectivity index (χ1v) is 7.51. The number of phenolic OH excluding ortho intramolecular Hbond substituents is 2. The van der Waals surface area contributed by atoms with Crippen molar-refractivity contribution in [1.82, 2.24) is 0 Å². The lowest BCUT2D eigenvalue weighted by Crippen LogP contribution is -2.02. The molecule has 2 aromatic rings. The van der Waals surface area contributed by atoms with E-state index in [1.807, 2.05) is 0 Å². The van der Waals surface area contributed by atoms with E-state index in [9.17, 15) is 15.0 Å². The summed E-state index contributed by atoms with van der Waals surface area (Å²) >= 11 is 0. The van der Waals surface area contributed by atoms with E-state index in [0.29, 0.717) is 22.6 Å². The summed E-state index contributed by atoms with van der Waals surface area (Å²) in [4.78, 5) is 12.3. The van der Waals surface area contributed by atoms with Gasteiger partial charge in [0.1, 0.15) is 11.5 Å². The highest BCUT2D eigenvalue weighted by Gasteiger charge is 2.14. The number of rotatable bonds is 7. The van der Waals surface area contributed by atoms with Crippen molar-refractivity contribution in [3.63, 3.8) is 0 Å². The number of methoxy groups -OCH3 is 2. The van der Waals surface area contributed by atoms with E-state index in [0.717, 1.165) is 0 Å². The molecule has 2 rings (SSSR count). The van der Waals surface area contributed by atoms with E-state index in [2.05, 4.69) is 0 Å². The van der Waals surface area contributed by atoms with E-state index < -0.39 is 0 Å². The van der Waals surface area contributed by atoms with Crippen LogP contribution in [0, 0.1) is 6.92 Å². The molecule has 25 heavy (non-hydrogen) atoms. The summed E-state index contributed by atoms with van der Waals surface area (Å²) in [7, 11) is 2.95. The van der Waals surface area contributed by atoms with Gasteiger partial charge in [-0.3, -0.25) is 4.79 Å². The summed E-state index contributed by atoms with van der Waals surface area (Å²) in [6.45, 7) is 1.71. The molecule has 0 fully saturated rings. The highest BCUT2D eigenvalue weighted by molar-refractivity contribution is 6.09. The number of carbonyl (C=O) groups excluding carboxylic acids is 1. The zero-order valence-corrected chi connectivity index (χ0v) is 14.3. The van der Waals surface area contributed by atoms with Crippen LogP contribution >= 0.6 is 0 Å². The molecular weight excluding hydrogens is 324 g/mol. The standard InChI is InChI=1S/C19H20O6/c1-12-17(25-11-23-2)9-6-14(19(12)22)15(20)7-4-13-5-8-18(24-3)16(21)10-13/h4-10,21-22H,11H2,1-3H3. The fourth-order valence-corrected chi connectivity index (χ4v) is 2.23. The van der Waals surface area contributed by atoms with Gasteiger partial charge in [-0.15, -0.1) is 0 Å². The van der Waals surface area contributed by atoms with Crippen LogP contribution in [0.5, 0.6) is 23.0 Å². The number of hydrogen-bond acceptors (Lipinski definition) is 6. The van der Waals surface area contributed by atoms with Crippen LogP contribution in [-0.4, -0.2) is 37.0 Å². The Labute approximate surface area is 145 Å². The van der Waals surface area contributed by atoms with Crippen LogP contribution in [-0.2, 0) is 4.74 Å². The molecule has 0 radical (unpaired) electrons. The minimum Gasteiger partial charge on any atom is -0.507 e. The van der Waals surface area contributed by atoms with Crippen LogP contribution in [0.25, 0.3) is 6.08 Å². The average molecular weight is 344 g/mol. The van der Waals surface area contributed by atoms with Gasteiger partial charge >= 0.3 is 0 Å². The summed E-state index contributed by atoms with van der Waals surface area (Å²) in [6, 6.07) is 7.88. The van der Waals surface area contributed by atoms with Gasteiger partial charge in [-0.2, -0.15) is 0 Å². The smallest absolute Gasteiger partial charge is 0.189 e. The van der Waals surface area contributed by atoms with Crippen molar-refractivity contribution in [2.45, 2.75) is 6.92 Å². The molecule has 6 heteroatoms. The van der Waals surface area contributed by atoms with Crippen molar-refractivity contribution in [3.8, 4) is 23.0 Å². The number of ketones is 1. The predicted molar refractivity (Wildman–Crippen MR) is 93.4 cm³/mol. The molecule has 0 amide bonds. The third-order valence-corrected chi connectivity index (χ3v) is 3.61. The Morgan fingerprint density at radius 2 is 1.84 bits per heavy atom. The van der Waals surface area contributed by atoms with Gasteiger partial charge in [-0.1, -0.05) is 12.1 Å². The maximum atomic E-state index is 12.3. The zero-order chi connectivity index (χ0) is 18.4. The maximum absolute atomic E-state index is 12.3. The Morgan fingerprint density at radius 1 is 1.12 bits per heavy atom. The first kappa shape index (κ1) is 18.4. The Morgan fingerprint density at radius 3 is 2.48 bits per heavy atom. The molecule has 6 nitrogen and oxygen atoms in total. The molecule has 0 aromatic heterocycles. The number of aromatic hydroxyl groups is 2. The SMILES string of the molecule is COCOc1ccc(C(=O)C=Cc2ccc(OC)c(O)c2)c(O)c1C. The van der Waals surface area contributed by atoms with Crippen molar-refractivity contribution in [1.29, 1.82) is 0 Å². The van der Waals surface area contributed by atoms with Gasteiger partial charge in [0.25, 0.3) is 0 Å². The maximum Gasteiger partial charge on any atom is 0.189 e. The Bertz CT molecular complexity index is 795. The van der Waals surface area contributed by atoms with E-state index in [-0.39, 0.29) is 29.6 Å². The minimum absolute atomic E-state index is 0.0181. The van der Waals surface area contributed by atoms with E-state index in [4.69, 9.17) is 14.2 Å². The van der Waals surface area contributed by atoms with Crippen molar-refractivity contribution in [3.05, 3.63) is 53.1 Å². The quantitative estimate of drug-likeness (QED) is 0.455. The van der Waals surface area contributed by atoms with Crippen molar-refractivity contribution >= 4 is 11.9 Å². The molecule has 0 bridgehead atoms. The Hall–Kier alpha value is -2.99. The summed E-state index contributed by atoms with van der Waals surface area (Å²) in [5, 5.41) is 20.0. The van der Waals surface area contributed by atoms with Gasteiger partial charge in [0, 0.05) is 12.7 Å². The lowest BCUT2D eigenvalue weighted by molar-refractivity contribution is 0.0504. The second-order valence-electron chi connectivity index (χ2n) is 5.26. The average Bonchev–Trinajstić information content (AvgIpc) is 2.61. The molecular formula is C19H20O6. The summed E-state index contributed by atoms with van der Waals surface area (Å²) in [5.41, 5.74) is 1.25. The molecule has 0 atom stereocenters. The van der Waals surface area contributed by atoms with E-state index >= 15 is 0 Å². The van der Waals surface area contributed by atoms with Gasteiger partial charge in [-0.05, 0) is 42.8 Å². The van der Waals surface area contributed by atoms with Gasteiger partial charge in [0.15, 0.2) is 24.1 Å². The lowest BCUT2D eigenvalue weighted by atomic mass is 10.0. The Balaban J connectivity index is 2.20. The van der Waals surface area contributed by atoms with Gasteiger partial charge < -0.3 is 24.4 Å². The molecule has 2 aromatic carbocycles. The molecule has 0 saturated carbocycles. The largest absolute Gasteiger partial charge is 0.507 e. The van der Waals surface area contributed by atoms with Crippen LogP contribution in [0.15, 0.2) is 36.4 Å². The Kier molecular flexibility index (Phi) is 6.03. The normalized spacial score (nSPS) is 10.8. The number of phenols is 2. The van der Waals surface area contributed by atoms with Gasteiger partial charge in [0.2, 0.25) is 0 Å². The molecule has 2 N–H and O–H groups in total. The highest BCUT2D eigenvalue weighted by atomic mass is 16.7. The zero-order valence-electron chi connectivity index (χ0n) is 14.3. The second kappa shape index (κ2) is 8.21. The third-order valence-electron chi connectivity index (χ3n) is 3.61. The van der Waals surface area contributed by atoms with Crippen molar-refractivity contribution in [2.24, 2.45) is 0 Å². The summed E-state index contributed by atoms with van der Waals surface area (Å²) in [6.07, 6.45) is 2.87. The molecule has 0 aliphatic rings. The summed E-state index contributed by atoms with van der Waals surface area (Å²) < 4.78 is 15.1. The molecule has 132 valence electrons. The number of benzene rings is 2. The summed E-state index contributed by atoms with van der Waals surface area (Å²) in [5.74, 6) is 0.272. The third kappa shape index (κ3) is 4.30. The van der Waals surface area contributed by atoms with Crippen LogP contribution in [0.2, 0.25) is 0 Å². The first-order chi connectivity index (χ1) is 12.0. The molecule has 0 heterocycles. The van der Waals surface area contributed by atoms with Gasteiger partial charge in [-0.25, -0.2) is 0 Å². The second-order valence-corrected chi connectivity index (χ2v) is 5.26. The van der Waals surface area contributed by atoms with Crippen LogP contribution in [0.3, 0.4) is 0 Å². The van der Waals surface area contributed by atoms with Crippen LogP contribution in [0.4, 0.5) is 0 Å². The van der Waals surface area contributed by atoms with E-state index in [1.165, 1.54) is 32.4 Å². The number of hydrogen-bond donors (Lipinski definition) is 2. The predicted octanol–water partition coefficient (Wildman–Crippen LogP) is 3.29. The first-order valence-electron chi connectivity index (χ1n) is 7.51. The van der Waals surface area contributed by atoms with Gasteiger partial charge in [0.05, 0.1) is 12.7 Å².